The zero-order valence-electron chi connectivity index (χ0n) is 14.3. The predicted octanol–water partition coefficient (Wildman–Crippen LogP) is 2.41. The first-order valence-corrected chi connectivity index (χ1v) is 8.68. The van der Waals surface area contributed by atoms with Crippen LogP contribution in [0.4, 0.5) is 15.8 Å². The molecule has 2 heterocycles. The van der Waals surface area contributed by atoms with Crippen LogP contribution in [0.5, 0.6) is 0 Å². The Balaban J connectivity index is 1.49. The van der Waals surface area contributed by atoms with Crippen molar-refractivity contribution in [3.8, 4) is 0 Å². The molecule has 1 N–H and O–H groups in total. The summed E-state index contributed by atoms with van der Waals surface area (Å²) in [5, 5.41) is 11.8. The van der Waals surface area contributed by atoms with Crippen LogP contribution in [0.2, 0.25) is 5.02 Å². The Kier molecular flexibility index (Phi) is 4.52. The molecule has 0 radical (unpaired) electrons. The van der Waals surface area contributed by atoms with Crippen LogP contribution in [-0.2, 0) is 14.4 Å². The lowest BCUT2D eigenvalue weighted by molar-refractivity contribution is -0.123. The van der Waals surface area contributed by atoms with E-state index in [4.69, 9.17) is 11.6 Å². The van der Waals surface area contributed by atoms with Crippen molar-refractivity contribution in [3.63, 3.8) is 0 Å². The Morgan fingerprint density at radius 2 is 1.82 bits per heavy atom. The quantitative estimate of drug-likeness (QED) is 0.796. The molecule has 2 aliphatic heterocycles. The molecule has 0 spiro atoms. The molecule has 0 unspecified atom stereocenters. The topological polar surface area (TPSA) is 94.4 Å². The van der Waals surface area contributed by atoms with Gasteiger partial charge in [0.1, 0.15) is 12.4 Å². The second-order valence-corrected chi connectivity index (χ2v) is 6.62. The van der Waals surface area contributed by atoms with Crippen LogP contribution in [0.3, 0.4) is 0 Å². The van der Waals surface area contributed by atoms with Gasteiger partial charge in [-0.05, 0) is 36.4 Å². The number of nitrogens with zero attached hydrogens (tertiary/aromatic N) is 4. The third kappa shape index (κ3) is 3.09. The number of anilines is 2. The van der Waals surface area contributed by atoms with Crippen molar-refractivity contribution in [2.45, 2.75) is 12.1 Å². The maximum atomic E-state index is 13.1. The number of rotatable bonds is 4. The molecule has 2 aliphatic rings. The number of carbonyl (C=O) groups is 3. The molecule has 0 saturated carbocycles. The van der Waals surface area contributed by atoms with E-state index < -0.39 is 35.6 Å². The number of imide groups is 1. The zero-order chi connectivity index (χ0) is 19.8. The molecule has 1 saturated heterocycles. The summed E-state index contributed by atoms with van der Waals surface area (Å²) in [7, 11) is 0. The van der Waals surface area contributed by atoms with E-state index in [0.717, 1.165) is 17.0 Å². The Labute approximate surface area is 163 Å². The third-order valence-corrected chi connectivity index (χ3v) is 4.73. The van der Waals surface area contributed by atoms with Crippen molar-refractivity contribution < 1.29 is 18.8 Å². The van der Waals surface area contributed by atoms with E-state index in [1.54, 1.807) is 24.3 Å². The number of hydrogen-bond donors (Lipinski definition) is 1. The highest BCUT2D eigenvalue weighted by Crippen LogP contribution is 2.32. The van der Waals surface area contributed by atoms with Gasteiger partial charge in [0.25, 0.3) is 11.8 Å². The summed E-state index contributed by atoms with van der Waals surface area (Å²) in [5.74, 6) is -2.09. The molecule has 2 aromatic carbocycles. The second kappa shape index (κ2) is 7.01. The highest BCUT2D eigenvalue weighted by Gasteiger charge is 2.55. The number of hydrogen-bond acceptors (Lipinski definition) is 6. The first-order chi connectivity index (χ1) is 13.5. The van der Waals surface area contributed by atoms with E-state index in [1.807, 2.05) is 0 Å². The standard InChI is InChI=1S/C18H13ClFN5O3/c19-12-3-1-2-4-13(12)21-14(26)9-24-16-15(22-23-24)17(27)25(18(16)28)11-7-5-10(20)6-8-11/h1-8,15-16H,9H2,(H,21,26)/t15-,16+/m0/s1. The molecular formula is C18H13ClFN5O3. The molecule has 142 valence electrons. The fourth-order valence-corrected chi connectivity index (χ4v) is 3.28. The van der Waals surface area contributed by atoms with Gasteiger partial charge < -0.3 is 5.32 Å². The Morgan fingerprint density at radius 3 is 2.54 bits per heavy atom. The van der Waals surface area contributed by atoms with Gasteiger partial charge in [-0.2, -0.15) is 5.11 Å². The molecule has 4 rings (SSSR count). The fourth-order valence-electron chi connectivity index (χ4n) is 3.10. The fraction of sp³-hybridized carbons (Fsp3) is 0.167. The molecule has 2 aromatic rings. The minimum atomic E-state index is -1.04. The van der Waals surface area contributed by atoms with Crippen molar-refractivity contribution in [3.05, 3.63) is 59.4 Å². The Morgan fingerprint density at radius 1 is 1.11 bits per heavy atom. The van der Waals surface area contributed by atoms with E-state index in [2.05, 4.69) is 15.7 Å². The van der Waals surface area contributed by atoms with E-state index in [-0.39, 0.29) is 12.2 Å². The summed E-state index contributed by atoms with van der Waals surface area (Å²) < 4.78 is 13.1. The number of fused-ring (bicyclic) bond motifs is 1. The number of benzene rings is 2. The smallest absolute Gasteiger partial charge is 0.263 e. The molecular weight excluding hydrogens is 389 g/mol. The lowest BCUT2D eigenvalue weighted by Crippen LogP contribution is -2.43. The summed E-state index contributed by atoms with van der Waals surface area (Å²) in [6, 6.07) is 9.62. The summed E-state index contributed by atoms with van der Waals surface area (Å²) in [6.07, 6.45) is 0. The Hall–Kier alpha value is -3.33. The number of nitrogens with one attached hydrogen (secondary N) is 1. The molecule has 28 heavy (non-hydrogen) atoms. The normalized spacial score (nSPS) is 20.6. The average molecular weight is 402 g/mol. The first-order valence-electron chi connectivity index (χ1n) is 8.31. The summed E-state index contributed by atoms with van der Waals surface area (Å²) in [6.45, 7) is -0.286. The highest BCUT2D eigenvalue weighted by atomic mass is 35.5. The lowest BCUT2D eigenvalue weighted by Gasteiger charge is -2.20. The van der Waals surface area contributed by atoms with E-state index in [0.29, 0.717) is 10.7 Å². The van der Waals surface area contributed by atoms with Gasteiger partial charge in [0, 0.05) is 0 Å². The molecule has 0 aliphatic carbocycles. The van der Waals surface area contributed by atoms with Gasteiger partial charge >= 0.3 is 0 Å². The van der Waals surface area contributed by atoms with Crippen LogP contribution >= 0.6 is 11.6 Å². The monoisotopic (exact) mass is 401 g/mol. The molecule has 2 atom stereocenters. The van der Waals surface area contributed by atoms with Crippen LogP contribution in [0.15, 0.2) is 58.9 Å². The minimum absolute atomic E-state index is 0.237. The summed E-state index contributed by atoms with van der Waals surface area (Å²) in [4.78, 5) is 38.6. The SMILES string of the molecule is O=C(CN1N=N[C@@H]2C(=O)N(c3ccc(F)cc3)C(=O)[C@@H]21)Nc1ccccc1Cl. The van der Waals surface area contributed by atoms with E-state index in [1.165, 1.54) is 17.1 Å². The van der Waals surface area contributed by atoms with Gasteiger partial charge in [-0.3, -0.25) is 19.4 Å². The summed E-state index contributed by atoms with van der Waals surface area (Å²) >= 11 is 6.01. The van der Waals surface area contributed by atoms with Gasteiger partial charge in [0.05, 0.1) is 16.4 Å². The zero-order valence-corrected chi connectivity index (χ0v) is 15.0. The molecule has 8 nitrogen and oxygen atoms in total. The van der Waals surface area contributed by atoms with Crippen LogP contribution in [0, 0.1) is 5.82 Å². The van der Waals surface area contributed by atoms with Crippen molar-refractivity contribution >= 4 is 40.7 Å². The molecule has 10 heteroatoms. The maximum Gasteiger partial charge on any atom is 0.263 e. The van der Waals surface area contributed by atoms with Crippen LogP contribution in [0.1, 0.15) is 0 Å². The first kappa shape index (κ1) is 18.1. The van der Waals surface area contributed by atoms with Crippen LogP contribution < -0.4 is 10.2 Å². The lowest BCUT2D eigenvalue weighted by atomic mass is 10.1. The predicted molar refractivity (Wildman–Crippen MR) is 98.1 cm³/mol. The van der Waals surface area contributed by atoms with Crippen LogP contribution in [-0.4, -0.2) is 41.4 Å². The minimum Gasteiger partial charge on any atom is -0.323 e. The second-order valence-electron chi connectivity index (χ2n) is 6.21. The molecule has 1 fully saturated rings. The van der Waals surface area contributed by atoms with Gasteiger partial charge in [0.15, 0.2) is 12.1 Å². The summed E-state index contributed by atoms with van der Waals surface area (Å²) in [5.41, 5.74) is 0.657. The van der Waals surface area contributed by atoms with Crippen molar-refractivity contribution in [1.82, 2.24) is 5.01 Å². The molecule has 3 amide bonds. The molecule has 0 aromatic heterocycles. The largest absolute Gasteiger partial charge is 0.323 e. The maximum absolute atomic E-state index is 13.1. The third-order valence-electron chi connectivity index (χ3n) is 4.40. The van der Waals surface area contributed by atoms with E-state index in [9.17, 15) is 18.8 Å². The van der Waals surface area contributed by atoms with Crippen molar-refractivity contribution in [1.29, 1.82) is 0 Å². The highest BCUT2D eigenvalue weighted by molar-refractivity contribution is 6.33. The van der Waals surface area contributed by atoms with Gasteiger partial charge in [-0.15, -0.1) is 0 Å². The van der Waals surface area contributed by atoms with E-state index >= 15 is 0 Å². The van der Waals surface area contributed by atoms with Gasteiger partial charge in [0.2, 0.25) is 5.91 Å². The number of halogens is 2. The van der Waals surface area contributed by atoms with Crippen molar-refractivity contribution in [2.75, 3.05) is 16.8 Å². The number of para-hydroxylation sites is 1. The number of carbonyl (C=O) groups excluding carboxylic acids is 3. The van der Waals surface area contributed by atoms with Crippen molar-refractivity contribution in [2.24, 2.45) is 10.3 Å². The molecule has 0 bridgehead atoms. The average Bonchev–Trinajstić information content (AvgIpc) is 3.18. The van der Waals surface area contributed by atoms with Gasteiger partial charge in [-0.25, -0.2) is 9.29 Å². The Bertz CT molecular complexity index is 997. The van der Waals surface area contributed by atoms with Gasteiger partial charge in [-0.1, -0.05) is 29.0 Å². The van der Waals surface area contributed by atoms with Crippen LogP contribution in [0.25, 0.3) is 0 Å². The number of amides is 3.